The van der Waals surface area contributed by atoms with E-state index in [1.165, 1.54) is 12.3 Å². The molecule has 0 unspecified atom stereocenters. The van der Waals surface area contributed by atoms with Crippen LogP contribution in [0.3, 0.4) is 0 Å². The van der Waals surface area contributed by atoms with Crippen LogP contribution < -0.4 is 5.32 Å². The number of carbonyl (C=O) groups is 3. The molecular weight excluding hydrogens is 472 g/mol. The molecule has 1 heterocycles. The largest absolute Gasteiger partial charge is 0.507 e. The predicted octanol–water partition coefficient (Wildman–Crippen LogP) is 3.29. The molecule has 1 saturated heterocycles. The van der Waals surface area contributed by atoms with Crippen LogP contribution in [0.1, 0.15) is 31.8 Å². The summed E-state index contributed by atoms with van der Waals surface area (Å²) in [6.45, 7) is 3.12. The minimum absolute atomic E-state index is 0.0678. The van der Waals surface area contributed by atoms with Crippen LogP contribution in [0.25, 0.3) is 0 Å². The van der Waals surface area contributed by atoms with Crippen LogP contribution in [-0.2, 0) is 9.63 Å². The number of rotatable bonds is 7. The first kappa shape index (κ1) is 25.4. The Kier molecular flexibility index (Phi) is 8.15. The van der Waals surface area contributed by atoms with Gasteiger partial charge in [0.25, 0.3) is 17.7 Å². The number of hydrogen-bond donors (Lipinski definition) is 2. The van der Waals surface area contributed by atoms with E-state index >= 15 is 0 Å². The fraction of sp³-hybridized carbons (Fsp3) is 0.214. The van der Waals surface area contributed by atoms with Gasteiger partial charge in [-0.2, -0.15) is 0 Å². The van der Waals surface area contributed by atoms with Crippen LogP contribution in [0.2, 0.25) is 0 Å². The van der Waals surface area contributed by atoms with Crippen molar-refractivity contribution in [2.45, 2.75) is 6.92 Å². The van der Waals surface area contributed by atoms with Crippen molar-refractivity contribution in [2.75, 3.05) is 38.1 Å². The van der Waals surface area contributed by atoms with Gasteiger partial charge in [-0.3, -0.25) is 14.4 Å². The molecule has 0 aliphatic carbocycles. The number of nitrogens with zero attached hydrogens (tertiary/aromatic N) is 3. The van der Waals surface area contributed by atoms with E-state index in [1.54, 1.807) is 64.4 Å². The van der Waals surface area contributed by atoms with Gasteiger partial charge in [0.05, 0.1) is 17.5 Å². The Labute approximate surface area is 215 Å². The summed E-state index contributed by atoms with van der Waals surface area (Å²) in [5, 5.41) is 16.3. The summed E-state index contributed by atoms with van der Waals surface area (Å²) < 4.78 is 0. The Morgan fingerprint density at radius 3 is 2.30 bits per heavy atom. The summed E-state index contributed by atoms with van der Waals surface area (Å²) in [4.78, 5) is 46.8. The Morgan fingerprint density at radius 2 is 1.57 bits per heavy atom. The average Bonchev–Trinajstić information content (AvgIpc) is 2.92. The van der Waals surface area contributed by atoms with Crippen molar-refractivity contribution in [3.63, 3.8) is 0 Å². The third-order valence-corrected chi connectivity index (χ3v) is 6.03. The van der Waals surface area contributed by atoms with Crippen LogP contribution in [0, 0.1) is 6.92 Å². The van der Waals surface area contributed by atoms with Crippen molar-refractivity contribution in [3.05, 3.63) is 95.1 Å². The van der Waals surface area contributed by atoms with Gasteiger partial charge >= 0.3 is 0 Å². The van der Waals surface area contributed by atoms with Gasteiger partial charge in [-0.25, -0.2) is 0 Å². The van der Waals surface area contributed by atoms with Crippen LogP contribution in [-0.4, -0.2) is 71.6 Å². The monoisotopic (exact) mass is 500 g/mol. The number of hydrogen-bond acceptors (Lipinski definition) is 6. The molecule has 0 bridgehead atoms. The zero-order valence-electron chi connectivity index (χ0n) is 20.5. The number of oxime groups is 1. The van der Waals surface area contributed by atoms with Crippen LogP contribution >= 0.6 is 0 Å². The molecule has 4 rings (SSSR count). The lowest BCUT2D eigenvalue weighted by molar-refractivity contribution is -0.137. The first-order valence-electron chi connectivity index (χ1n) is 11.9. The van der Waals surface area contributed by atoms with Crippen LogP contribution in [0.15, 0.2) is 78.0 Å². The zero-order chi connectivity index (χ0) is 26.2. The van der Waals surface area contributed by atoms with Gasteiger partial charge in [0.1, 0.15) is 5.75 Å². The number of phenols is 1. The number of aromatic hydroxyl groups is 1. The topological polar surface area (TPSA) is 112 Å². The maximum atomic E-state index is 13.2. The van der Waals surface area contributed by atoms with Gasteiger partial charge in [0, 0.05) is 37.3 Å². The van der Waals surface area contributed by atoms with Gasteiger partial charge in [0.15, 0.2) is 6.61 Å². The van der Waals surface area contributed by atoms with E-state index in [0.717, 1.165) is 5.56 Å². The fourth-order valence-corrected chi connectivity index (χ4v) is 3.88. The molecular formula is C28H28N4O5. The van der Waals surface area contributed by atoms with Crippen molar-refractivity contribution >= 4 is 29.6 Å². The SMILES string of the molecule is Cc1ccc(C(=O)Nc2ccccc2C(=O)N2CCN(C(=O)CON=Cc3ccccc3O)CC2)cc1. The molecule has 2 N–H and O–H groups in total. The maximum Gasteiger partial charge on any atom is 0.263 e. The molecule has 1 aliphatic heterocycles. The number of piperazine rings is 1. The van der Waals surface area contributed by atoms with Gasteiger partial charge in [-0.05, 0) is 43.3 Å². The van der Waals surface area contributed by atoms with Crippen molar-refractivity contribution in [2.24, 2.45) is 5.16 Å². The van der Waals surface area contributed by atoms with Crippen molar-refractivity contribution in [3.8, 4) is 5.75 Å². The molecule has 3 amide bonds. The number of benzene rings is 3. The van der Waals surface area contributed by atoms with E-state index in [4.69, 9.17) is 4.84 Å². The maximum absolute atomic E-state index is 13.2. The molecule has 0 radical (unpaired) electrons. The molecule has 190 valence electrons. The van der Waals surface area contributed by atoms with Gasteiger partial charge < -0.3 is 25.1 Å². The van der Waals surface area contributed by atoms with Crippen molar-refractivity contribution < 1.29 is 24.3 Å². The Morgan fingerprint density at radius 1 is 0.919 bits per heavy atom. The van der Waals surface area contributed by atoms with Crippen molar-refractivity contribution in [1.29, 1.82) is 0 Å². The highest BCUT2D eigenvalue weighted by Gasteiger charge is 2.26. The second kappa shape index (κ2) is 11.9. The molecule has 9 heteroatoms. The van der Waals surface area contributed by atoms with Crippen LogP contribution in [0.4, 0.5) is 5.69 Å². The lowest BCUT2D eigenvalue weighted by Gasteiger charge is -2.34. The molecule has 3 aromatic rings. The third-order valence-electron chi connectivity index (χ3n) is 6.03. The molecule has 37 heavy (non-hydrogen) atoms. The van der Waals surface area contributed by atoms with Gasteiger partial charge in [-0.1, -0.05) is 47.1 Å². The second-order valence-electron chi connectivity index (χ2n) is 8.61. The first-order chi connectivity index (χ1) is 17.9. The predicted molar refractivity (Wildman–Crippen MR) is 140 cm³/mol. The molecule has 9 nitrogen and oxygen atoms in total. The number of amides is 3. The van der Waals surface area contributed by atoms with E-state index in [-0.39, 0.29) is 30.1 Å². The average molecular weight is 501 g/mol. The van der Waals surface area contributed by atoms with Gasteiger partial charge in [-0.15, -0.1) is 0 Å². The summed E-state index contributed by atoms with van der Waals surface area (Å²) in [7, 11) is 0. The summed E-state index contributed by atoms with van der Waals surface area (Å²) >= 11 is 0. The van der Waals surface area contributed by atoms with Gasteiger partial charge in [0.2, 0.25) is 0 Å². The lowest BCUT2D eigenvalue weighted by atomic mass is 10.1. The van der Waals surface area contributed by atoms with Crippen molar-refractivity contribution in [1.82, 2.24) is 9.80 Å². The minimum atomic E-state index is -0.291. The summed E-state index contributed by atoms with van der Waals surface area (Å²) in [5.41, 5.74) is 2.87. The number of nitrogens with one attached hydrogen (secondary N) is 1. The Hall–Kier alpha value is -4.66. The summed E-state index contributed by atoms with van der Waals surface area (Å²) in [5.74, 6) is -0.679. The molecule has 0 spiro atoms. The lowest BCUT2D eigenvalue weighted by Crippen LogP contribution is -2.51. The zero-order valence-corrected chi connectivity index (χ0v) is 20.5. The number of para-hydroxylation sites is 2. The highest BCUT2D eigenvalue weighted by Crippen LogP contribution is 2.20. The third kappa shape index (κ3) is 6.52. The van der Waals surface area contributed by atoms with E-state index in [0.29, 0.717) is 48.6 Å². The molecule has 0 aromatic heterocycles. The first-order valence-corrected chi connectivity index (χ1v) is 11.9. The number of carbonyl (C=O) groups excluding carboxylic acids is 3. The molecule has 1 fully saturated rings. The van der Waals surface area contributed by atoms with E-state index in [9.17, 15) is 19.5 Å². The van der Waals surface area contributed by atoms with E-state index in [1.807, 2.05) is 19.1 Å². The summed E-state index contributed by atoms with van der Waals surface area (Å²) in [6.07, 6.45) is 1.34. The molecule has 0 saturated carbocycles. The molecule has 1 aliphatic rings. The minimum Gasteiger partial charge on any atom is -0.507 e. The molecule has 3 aromatic carbocycles. The Bertz CT molecular complexity index is 1300. The highest BCUT2D eigenvalue weighted by atomic mass is 16.6. The Balaban J connectivity index is 1.30. The summed E-state index contributed by atoms with van der Waals surface area (Å²) in [6, 6.07) is 20.8. The smallest absolute Gasteiger partial charge is 0.263 e. The number of aryl methyl sites for hydroxylation is 1. The van der Waals surface area contributed by atoms with Crippen LogP contribution in [0.5, 0.6) is 5.75 Å². The van der Waals surface area contributed by atoms with E-state index < -0.39 is 0 Å². The van der Waals surface area contributed by atoms with E-state index in [2.05, 4.69) is 10.5 Å². The fourth-order valence-electron chi connectivity index (χ4n) is 3.88. The number of phenolic OH excluding ortho intramolecular Hbond substituents is 1. The normalized spacial score (nSPS) is 13.4. The quantitative estimate of drug-likeness (QED) is 0.382. The standard InChI is InChI=1S/C28H28N4O5/c1-20-10-12-21(13-11-20)27(35)30-24-8-4-3-7-23(24)28(36)32-16-14-31(15-17-32)26(34)19-37-29-18-22-6-2-5-9-25(22)33/h2-13,18,33H,14-17,19H2,1H3,(H,30,35). The molecule has 0 atom stereocenters. The second-order valence-corrected chi connectivity index (χ2v) is 8.61. The number of anilines is 1. The highest BCUT2D eigenvalue weighted by molar-refractivity contribution is 6.09.